The topological polar surface area (TPSA) is 43.3 Å². The van der Waals surface area contributed by atoms with Gasteiger partial charge in [0.1, 0.15) is 17.2 Å². The molecular formula is C13H8BrCl2N3. The van der Waals surface area contributed by atoms with Crippen molar-refractivity contribution in [2.75, 3.05) is 5.73 Å². The van der Waals surface area contributed by atoms with Crippen LogP contribution >= 0.6 is 39.1 Å². The molecule has 2 aromatic heterocycles. The van der Waals surface area contributed by atoms with Crippen molar-refractivity contribution < 1.29 is 0 Å². The van der Waals surface area contributed by atoms with E-state index in [4.69, 9.17) is 28.9 Å². The molecule has 0 saturated carbocycles. The summed E-state index contributed by atoms with van der Waals surface area (Å²) >= 11 is 15.8. The van der Waals surface area contributed by atoms with Crippen LogP contribution in [-0.4, -0.2) is 9.38 Å². The van der Waals surface area contributed by atoms with Crippen molar-refractivity contribution in [2.24, 2.45) is 0 Å². The summed E-state index contributed by atoms with van der Waals surface area (Å²) in [6, 6.07) is 9.09. The number of imidazole rings is 1. The van der Waals surface area contributed by atoms with Gasteiger partial charge in [0, 0.05) is 16.2 Å². The van der Waals surface area contributed by atoms with E-state index < -0.39 is 0 Å². The minimum Gasteiger partial charge on any atom is -0.383 e. The lowest BCUT2D eigenvalue weighted by Crippen LogP contribution is -1.94. The molecule has 19 heavy (non-hydrogen) atoms. The molecule has 0 spiro atoms. The number of fused-ring (bicyclic) bond motifs is 1. The van der Waals surface area contributed by atoms with Crippen LogP contribution in [-0.2, 0) is 0 Å². The zero-order valence-electron chi connectivity index (χ0n) is 9.57. The molecule has 0 bridgehead atoms. The number of halogens is 3. The number of nitrogens with two attached hydrogens (primary N) is 1. The van der Waals surface area contributed by atoms with Gasteiger partial charge in [0.25, 0.3) is 0 Å². The highest BCUT2D eigenvalue weighted by molar-refractivity contribution is 9.10. The minimum absolute atomic E-state index is 0.506. The molecule has 6 heteroatoms. The highest BCUT2D eigenvalue weighted by Gasteiger charge is 2.16. The van der Waals surface area contributed by atoms with Crippen molar-refractivity contribution in [1.29, 1.82) is 0 Å². The summed E-state index contributed by atoms with van der Waals surface area (Å²) in [7, 11) is 0. The van der Waals surface area contributed by atoms with Crippen molar-refractivity contribution in [2.45, 2.75) is 0 Å². The van der Waals surface area contributed by atoms with E-state index in [2.05, 4.69) is 20.9 Å². The number of pyridine rings is 1. The smallest absolute Gasteiger partial charge is 0.139 e. The van der Waals surface area contributed by atoms with Crippen molar-refractivity contribution in [3.63, 3.8) is 0 Å². The Labute approximate surface area is 128 Å². The van der Waals surface area contributed by atoms with Crippen LogP contribution in [0.3, 0.4) is 0 Å². The second-order valence-electron chi connectivity index (χ2n) is 4.02. The van der Waals surface area contributed by atoms with E-state index in [1.54, 1.807) is 22.6 Å². The Morgan fingerprint density at radius 2 is 1.79 bits per heavy atom. The summed E-state index contributed by atoms with van der Waals surface area (Å²) < 4.78 is 2.71. The van der Waals surface area contributed by atoms with Crippen molar-refractivity contribution >= 4 is 50.6 Å². The van der Waals surface area contributed by atoms with Crippen molar-refractivity contribution in [3.8, 4) is 11.3 Å². The molecule has 0 fully saturated rings. The van der Waals surface area contributed by atoms with Crippen LogP contribution in [0.15, 0.2) is 41.0 Å². The summed E-state index contributed by atoms with van der Waals surface area (Å²) in [5.41, 5.74) is 8.13. The van der Waals surface area contributed by atoms with Crippen LogP contribution in [0.2, 0.25) is 10.0 Å². The first-order chi connectivity index (χ1) is 9.08. The van der Waals surface area contributed by atoms with Gasteiger partial charge in [-0.05, 0) is 40.2 Å². The lowest BCUT2D eigenvalue weighted by molar-refractivity contribution is 1.18. The van der Waals surface area contributed by atoms with Gasteiger partial charge in [-0.15, -0.1) is 0 Å². The summed E-state index contributed by atoms with van der Waals surface area (Å²) in [5.74, 6) is 0.506. The quantitative estimate of drug-likeness (QED) is 0.689. The zero-order valence-corrected chi connectivity index (χ0v) is 12.7. The lowest BCUT2D eigenvalue weighted by Gasteiger charge is -2.04. The molecule has 3 rings (SSSR count). The summed E-state index contributed by atoms with van der Waals surface area (Å²) in [5, 5.41) is 1.06. The predicted octanol–water partition coefficient (Wildman–Crippen LogP) is 4.65. The maximum absolute atomic E-state index is 6.20. The number of hydrogen-bond acceptors (Lipinski definition) is 2. The number of nitrogen functional groups attached to an aromatic ring is 1. The maximum atomic E-state index is 6.20. The normalized spacial score (nSPS) is 11.1. The second kappa shape index (κ2) is 4.71. The third-order valence-electron chi connectivity index (χ3n) is 2.82. The third-order valence-corrected chi connectivity index (χ3v) is 3.92. The number of hydrogen-bond donors (Lipinski definition) is 1. The molecule has 0 radical (unpaired) electrons. The van der Waals surface area contributed by atoms with Gasteiger partial charge in [-0.3, -0.25) is 4.40 Å². The monoisotopic (exact) mass is 355 g/mol. The van der Waals surface area contributed by atoms with E-state index in [9.17, 15) is 0 Å². The van der Waals surface area contributed by atoms with Crippen LogP contribution in [0.5, 0.6) is 0 Å². The van der Waals surface area contributed by atoms with E-state index in [1.165, 1.54) is 0 Å². The zero-order chi connectivity index (χ0) is 13.6. The Hall–Kier alpha value is -1.23. The Bertz CT molecular complexity index is 763. The van der Waals surface area contributed by atoms with E-state index in [1.807, 2.05) is 18.3 Å². The lowest BCUT2D eigenvalue weighted by atomic mass is 10.1. The van der Waals surface area contributed by atoms with Gasteiger partial charge in [-0.1, -0.05) is 29.3 Å². The standard InChI is InChI=1S/C13H8BrCl2N3/c14-7-4-5-10-18-12(13(17)19(10)6-7)11-8(15)2-1-3-9(11)16/h1-6H,17H2. The Balaban J connectivity index is 2.35. The molecule has 0 aliphatic carbocycles. The van der Waals surface area contributed by atoms with E-state index in [0.717, 1.165) is 10.1 Å². The molecule has 1 aromatic carbocycles. The number of rotatable bonds is 1. The van der Waals surface area contributed by atoms with Gasteiger partial charge in [0.2, 0.25) is 0 Å². The van der Waals surface area contributed by atoms with Gasteiger partial charge in [-0.2, -0.15) is 0 Å². The highest BCUT2D eigenvalue weighted by atomic mass is 79.9. The van der Waals surface area contributed by atoms with E-state index >= 15 is 0 Å². The molecule has 0 atom stereocenters. The molecule has 0 amide bonds. The first-order valence-corrected chi connectivity index (χ1v) is 7.00. The SMILES string of the molecule is Nc1c(-c2c(Cl)cccc2Cl)nc2ccc(Br)cn12. The average molecular weight is 357 g/mol. The average Bonchev–Trinajstić information content (AvgIpc) is 2.67. The predicted molar refractivity (Wildman–Crippen MR) is 82.8 cm³/mol. The third kappa shape index (κ3) is 2.10. The van der Waals surface area contributed by atoms with Gasteiger partial charge >= 0.3 is 0 Å². The van der Waals surface area contributed by atoms with Crippen molar-refractivity contribution in [1.82, 2.24) is 9.38 Å². The fourth-order valence-corrected chi connectivity index (χ4v) is 2.86. The molecule has 0 aliphatic heterocycles. The van der Waals surface area contributed by atoms with Crippen LogP contribution < -0.4 is 5.73 Å². The molecule has 0 saturated heterocycles. The molecule has 2 heterocycles. The maximum Gasteiger partial charge on any atom is 0.139 e. The highest BCUT2D eigenvalue weighted by Crippen LogP contribution is 2.37. The summed E-state index contributed by atoms with van der Waals surface area (Å²) in [6.07, 6.45) is 1.85. The van der Waals surface area contributed by atoms with Crippen molar-refractivity contribution in [3.05, 3.63) is 51.0 Å². The summed E-state index contributed by atoms with van der Waals surface area (Å²) in [6.45, 7) is 0. The molecular weight excluding hydrogens is 349 g/mol. The van der Waals surface area contributed by atoms with Crippen LogP contribution in [0, 0.1) is 0 Å². The Morgan fingerprint density at radius 1 is 1.11 bits per heavy atom. The summed E-state index contributed by atoms with van der Waals surface area (Å²) in [4.78, 5) is 4.49. The first-order valence-electron chi connectivity index (χ1n) is 5.45. The van der Waals surface area contributed by atoms with E-state index in [0.29, 0.717) is 27.1 Å². The van der Waals surface area contributed by atoms with Crippen LogP contribution in [0.4, 0.5) is 5.82 Å². The van der Waals surface area contributed by atoms with Gasteiger partial charge in [0.15, 0.2) is 0 Å². The van der Waals surface area contributed by atoms with Gasteiger partial charge in [-0.25, -0.2) is 4.98 Å². The minimum atomic E-state index is 0.506. The number of benzene rings is 1. The second-order valence-corrected chi connectivity index (χ2v) is 5.75. The largest absolute Gasteiger partial charge is 0.383 e. The number of nitrogens with zero attached hydrogens (tertiary/aromatic N) is 2. The molecule has 0 aliphatic rings. The Kier molecular flexibility index (Phi) is 3.17. The first kappa shape index (κ1) is 12.8. The fourth-order valence-electron chi connectivity index (χ4n) is 1.94. The molecule has 3 aromatic rings. The van der Waals surface area contributed by atoms with Gasteiger partial charge in [0.05, 0.1) is 10.0 Å². The fraction of sp³-hybridized carbons (Fsp3) is 0. The number of aromatic nitrogens is 2. The van der Waals surface area contributed by atoms with Gasteiger partial charge < -0.3 is 5.73 Å². The van der Waals surface area contributed by atoms with Crippen LogP contribution in [0.1, 0.15) is 0 Å². The molecule has 0 unspecified atom stereocenters. The Morgan fingerprint density at radius 3 is 2.47 bits per heavy atom. The van der Waals surface area contributed by atoms with Crippen LogP contribution in [0.25, 0.3) is 16.9 Å². The van der Waals surface area contributed by atoms with E-state index in [-0.39, 0.29) is 0 Å². The molecule has 2 N–H and O–H groups in total. The molecule has 96 valence electrons. The number of anilines is 1. The molecule has 3 nitrogen and oxygen atoms in total.